The number of benzene rings is 1. The van der Waals surface area contributed by atoms with Crippen molar-refractivity contribution < 1.29 is 13.6 Å². The first-order chi connectivity index (χ1) is 10.3. The van der Waals surface area contributed by atoms with Gasteiger partial charge in [-0.2, -0.15) is 0 Å². The quantitative estimate of drug-likeness (QED) is 0.864. The SMILES string of the molecule is Cc1c(C(=O)N2CCC(N)C(C)(C)C2)oc2ccc(F)cc12.Cl. The number of piperidine rings is 1. The van der Waals surface area contributed by atoms with E-state index in [9.17, 15) is 9.18 Å². The molecule has 1 aromatic heterocycles. The molecule has 1 aromatic carbocycles. The summed E-state index contributed by atoms with van der Waals surface area (Å²) in [4.78, 5) is 14.5. The van der Waals surface area contributed by atoms with E-state index >= 15 is 0 Å². The van der Waals surface area contributed by atoms with Crippen molar-refractivity contribution in [3.8, 4) is 0 Å². The van der Waals surface area contributed by atoms with Crippen LogP contribution in [0.3, 0.4) is 0 Å². The normalized spacial score (nSPS) is 20.4. The summed E-state index contributed by atoms with van der Waals surface area (Å²) in [7, 11) is 0. The lowest BCUT2D eigenvalue weighted by molar-refractivity contribution is 0.0504. The maximum Gasteiger partial charge on any atom is 0.289 e. The average molecular weight is 341 g/mol. The minimum absolute atomic E-state index is 0. The number of carbonyl (C=O) groups is 1. The van der Waals surface area contributed by atoms with Gasteiger partial charge in [0.2, 0.25) is 0 Å². The van der Waals surface area contributed by atoms with Crippen LogP contribution in [-0.4, -0.2) is 29.9 Å². The van der Waals surface area contributed by atoms with Gasteiger partial charge in [-0.25, -0.2) is 4.39 Å². The predicted molar refractivity (Wildman–Crippen MR) is 90.4 cm³/mol. The Morgan fingerprint density at radius 1 is 1.43 bits per heavy atom. The summed E-state index contributed by atoms with van der Waals surface area (Å²) in [5.74, 6) is -0.179. The Bertz CT molecular complexity index is 742. The van der Waals surface area contributed by atoms with Gasteiger partial charge in [-0.15, -0.1) is 12.4 Å². The van der Waals surface area contributed by atoms with Crippen molar-refractivity contribution in [2.45, 2.75) is 33.2 Å². The van der Waals surface area contributed by atoms with Gasteiger partial charge >= 0.3 is 0 Å². The Hall–Kier alpha value is -1.59. The molecule has 1 atom stereocenters. The lowest BCUT2D eigenvalue weighted by atomic mass is 9.79. The van der Waals surface area contributed by atoms with Crippen molar-refractivity contribution in [2.75, 3.05) is 13.1 Å². The standard InChI is InChI=1S/C17H21FN2O2.ClH/c1-10-12-8-11(18)4-5-13(12)22-15(10)16(21)20-7-6-14(19)17(2,3)9-20;/h4-5,8,14H,6-7,9,19H2,1-3H3;1H. The summed E-state index contributed by atoms with van der Waals surface area (Å²) < 4.78 is 19.1. The highest BCUT2D eigenvalue weighted by Gasteiger charge is 2.36. The molecular weight excluding hydrogens is 319 g/mol. The molecule has 0 bridgehead atoms. The second-order valence-corrected chi connectivity index (χ2v) is 6.81. The van der Waals surface area contributed by atoms with Gasteiger partial charge in [0.25, 0.3) is 5.91 Å². The molecule has 1 aliphatic rings. The van der Waals surface area contributed by atoms with Gasteiger partial charge in [0.05, 0.1) is 0 Å². The highest BCUT2D eigenvalue weighted by atomic mass is 35.5. The van der Waals surface area contributed by atoms with Crippen LogP contribution in [0.1, 0.15) is 36.4 Å². The van der Waals surface area contributed by atoms with Crippen molar-refractivity contribution in [1.82, 2.24) is 4.90 Å². The Kier molecular flexibility index (Phi) is 4.74. The molecule has 2 N–H and O–H groups in total. The van der Waals surface area contributed by atoms with Crippen LogP contribution in [-0.2, 0) is 0 Å². The molecule has 6 heteroatoms. The third kappa shape index (κ3) is 3.08. The van der Waals surface area contributed by atoms with Crippen LogP contribution >= 0.6 is 12.4 Å². The zero-order valence-corrected chi connectivity index (χ0v) is 14.4. The van der Waals surface area contributed by atoms with E-state index in [0.717, 1.165) is 6.42 Å². The largest absolute Gasteiger partial charge is 0.451 e. The maximum absolute atomic E-state index is 13.4. The van der Waals surface area contributed by atoms with Gasteiger partial charge in [-0.05, 0) is 37.0 Å². The van der Waals surface area contributed by atoms with Crippen LogP contribution in [0.25, 0.3) is 11.0 Å². The van der Waals surface area contributed by atoms with Crippen molar-refractivity contribution >= 4 is 29.3 Å². The first kappa shape index (κ1) is 17.8. The second-order valence-electron chi connectivity index (χ2n) is 6.81. The number of halogens is 2. The van der Waals surface area contributed by atoms with Gasteiger partial charge in [0.15, 0.2) is 5.76 Å². The average Bonchev–Trinajstić information content (AvgIpc) is 2.78. The van der Waals surface area contributed by atoms with E-state index in [-0.39, 0.29) is 35.6 Å². The molecule has 0 radical (unpaired) electrons. The number of carbonyl (C=O) groups excluding carboxylic acids is 1. The predicted octanol–water partition coefficient (Wildman–Crippen LogP) is 3.50. The lowest BCUT2D eigenvalue weighted by Crippen LogP contribution is -2.54. The number of amides is 1. The lowest BCUT2D eigenvalue weighted by Gasteiger charge is -2.42. The molecule has 0 spiro atoms. The highest BCUT2D eigenvalue weighted by Crippen LogP contribution is 2.31. The number of nitrogens with two attached hydrogens (primary N) is 1. The number of nitrogens with zero attached hydrogens (tertiary/aromatic N) is 1. The summed E-state index contributed by atoms with van der Waals surface area (Å²) >= 11 is 0. The van der Waals surface area contributed by atoms with Gasteiger partial charge < -0.3 is 15.1 Å². The summed E-state index contributed by atoms with van der Waals surface area (Å²) in [6, 6.07) is 4.39. The maximum atomic E-state index is 13.4. The van der Waals surface area contributed by atoms with Crippen molar-refractivity contribution in [1.29, 1.82) is 0 Å². The molecule has 23 heavy (non-hydrogen) atoms. The van der Waals surface area contributed by atoms with E-state index in [1.165, 1.54) is 12.1 Å². The Morgan fingerprint density at radius 3 is 2.78 bits per heavy atom. The Labute approximate surface area is 141 Å². The van der Waals surface area contributed by atoms with E-state index in [1.54, 1.807) is 17.9 Å². The molecule has 3 rings (SSSR count). The van der Waals surface area contributed by atoms with E-state index in [4.69, 9.17) is 10.2 Å². The molecule has 1 aliphatic heterocycles. The fraction of sp³-hybridized carbons (Fsp3) is 0.471. The Morgan fingerprint density at radius 2 is 2.13 bits per heavy atom. The van der Waals surface area contributed by atoms with Crippen LogP contribution < -0.4 is 5.73 Å². The number of likely N-dealkylation sites (tertiary alicyclic amines) is 1. The number of rotatable bonds is 1. The van der Waals surface area contributed by atoms with Gasteiger partial charge in [-0.3, -0.25) is 4.79 Å². The number of fused-ring (bicyclic) bond motifs is 1. The molecule has 4 nitrogen and oxygen atoms in total. The minimum atomic E-state index is -0.333. The second kappa shape index (κ2) is 6.13. The summed E-state index contributed by atoms with van der Waals surface area (Å²) in [6.07, 6.45) is 0.770. The van der Waals surface area contributed by atoms with Crippen molar-refractivity contribution in [3.05, 3.63) is 35.3 Å². The number of hydrogen-bond acceptors (Lipinski definition) is 3. The number of aryl methyl sites for hydroxylation is 1. The smallest absolute Gasteiger partial charge is 0.289 e. The van der Waals surface area contributed by atoms with Crippen LogP contribution in [0.5, 0.6) is 0 Å². The third-order valence-corrected chi connectivity index (χ3v) is 4.69. The molecule has 2 heterocycles. The monoisotopic (exact) mass is 340 g/mol. The molecule has 1 amide bonds. The van der Waals surface area contributed by atoms with E-state index in [1.807, 2.05) is 0 Å². The molecule has 0 saturated carbocycles. The fourth-order valence-corrected chi connectivity index (χ4v) is 3.09. The topological polar surface area (TPSA) is 59.5 Å². The van der Waals surface area contributed by atoms with Crippen LogP contribution in [0.2, 0.25) is 0 Å². The van der Waals surface area contributed by atoms with E-state index in [2.05, 4.69) is 13.8 Å². The summed E-state index contributed by atoms with van der Waals surface area (Å²) in [5, 5.41) is 0.649. The van der Waals surface area contributed by atoms with Crippen molar-refractivity contribution in [3.63, 3.8) is 0 Å². The fourth-order valence-electron chi connectivity index (χ4n) is 3.09. The Balaban J connectivity index is 0.00000192. The first-order valence-corrected chi connectivity index (χ1v) is 7.53. The van der Waals surface area contributed by atoms with Crippen LogP contribution in [0, 0.1) is 18.2 Å². The number of hydrogen-bond donors (Lipinski definition) is 1. The van der Waals surface area contributed by atoms with Crippen molar-refractivity contribution in [2.24, 2.45) is 11.1 Å². The van der Waals surface area contributed by atoms with Gasteiger partial charge in [-0.1, -0.05) is 13.8 Å². The summed E-state index contributed by atoms with van der Waals surface area (Å²) in [5.41, 5.74) is 7.22. The molecule has 1 fully saturated rings. The number of furan rings is 1. The van der Waals surface area contributed by atoms with Crippen LogP contribution in [0.15, 0.2) is 22.6 Å². The molecule has 0 aliphatic carbocycles. The van der Waals surface area contributed by atoms with Gasteiger partial charge in [0, 0.05) is 30.1 Å². The summed E-state index contributed by atoms with van der Waals surface area (Å²) in [6.45, 7) is 7.14. The zero-order chi connectivity index (χ0) is 16.1. The molecule has 1 saturated heterocycles. The molecule has 2 aromatic rings. The molecular formula is C17H22ClFN2O2. The molecule has 126 valence electrons. The van der Waals surface area contributed by atoms with Gasteiger partial charge in [0.1, 0.15) is 11.4 Å². The highest BCUT2D eigenvalue weighted by molar-refractivity contribution is 5.99. The molecule has 1 unspecified atom stereocenters. The third-order valence-electron chi connectivity index (χ3n) is 4.69. The minimum Gasteiger partial charge on any atom is -0.451 e. The first-order valence-electron chi connectivity index (χ1n) is 7.53. The van der Waals surface area contributed by atoms with Crippen LogP contribution in [0.4, 0.5) is 4.39 Å². The van der Waals surface area contributed by atoms with E-state index < -0.39 is 0 Å². The zero-order valence-electron chi connectivity index (χ0n) is 13.6. The van der Waals surface area contributed by atoms with E-state index in [0.29, 0.717) is 35.4 Å².